The molecule has 0 radical (unpaired) electrons. The van der Waals surface area contributed by atoms with Gasteiger partial charge in [0.05, 0.1) is 0 Å². The summed E-state index contributed by atoms with van der Waals surface area (Å²) < 4.78 is 0. The third-order valence-electron chi connectivity index (χ3n) is 3.05. The van der Waals surface area contributed by atoms with Crippen molar-refractivity contribution < 1.29 is 5.11 Å². The van der Waals surface area contributed by atoms with E-state index in [9.17, 15) is 5.11 Å². The third kappa shape index (κ3) is 2.16. The molecule has 0 aliphatic heterocycles. The Balaban J connectivity index is 1.80. The number of hydrogen-bond donors (Lipinski definition) is 2. The highest BCUT2D eigenvalue weighted by molar-refractivity contribution is 7.10. The number of hydrogen-bond acceptors (Lipinski definition) is 3. The van der Waals surface area contributed by atoms with Crippen LogP contribution in [0.4, 0.5) is 0 Å². The first-order valence-electron chi connectivity index (χ1n) is 5.16. The fourth-order valence-electron chi connectivity index (χ4n) is 1.81. The van der Waals surface area contributed by atoms with Crippen LogP contribution in [-0.4, -0.2) is 17.2 Å². The maximum absolute atomic E-state index is 9.84. The van der Waals surface area contributed by atoms with E-state index in [4.69, 9.17) is 0 Å². The van der Waals surface area contributed by atoms with Gasteiger partial charge in [-0.15, -0.1) is 11.3 Å². The molecule has 0 amide bonds. The van der Waals surface area contributed by atoms with Crippen molar-refractivity contribution in [1.29, 1.82) is 0 Å². The van der Waals surface area contributed by atoms with E-state index in [-0.39, 0.29) is 11.6 Å². The molecule has 1 saturated carbocycles. The Hall–Kier alpha value is -0.380. The van der Waals surface area contributed by atoms with Gasteiger partial charge in [0.25, 0.3) is 0 Å². The van der Waals surface area contributed by atoms with Gasteiger partial charge in [0.15, 0.2) is 0 Å². The predicted molar refractivity (Wildman–Crippen MR) is 59.5 cm³/mol. The highest BCUT2D eigenvalue weighted by atomic mass is 32.1. The zero-order chi connectivity index (χ0) is 10.0. The first kappa shape index (κ1) is 10.1. The molecule has 3 heteroatoms. The van der Waals surface area contributed by atoms with Crippen LogP contribution in [0.1, 0.15) is 37.2 Å². The summed E-state index contributed by atoms with van der Waals surface area (Å²) in [5.74, 6) is 0. The molecule has 0 aromatic carbocycles. The van der Waals surface area contributed by atoms with Crippen molar-refractivity contribution in [2.45, 2.75) is 37.8 Å². The Morgan fingerprint density at radius 2 is 2.43 bits per heavy atom. The van der Waals surface area contributed by atoms with Gasteiger partial charge in [-0.2, -0.15) is 0 Å². The second kappa shape index (κ2) is 4.01. The van der Waals surface area contributed by atoms with Crippen LogP contribution in [0, 0.1) is 0 Å². The maximum atomic E-state index is 9.84. The number of nitrogens with one attached hydrogen (secondary N) is 1. The molecule has 1 aliphatic rings. The van der Waals surface area contributed by atoms with Crippen molar-refractivity contribution in [3.05, 3.63) is 22.4 Å². The molecule has 1 fully saturated rings. The molecule has 0 saturated heterocycles. The summed E-state index contributed by atoms with van der Waals surface area (Å²) in [5.41, 5.74) is 0.290. The van der Waals surface area contributed by atoms with E-state index < -0.39 is 0 Å². The highest BCUT2D eigenvalue weighted by Gasteiger charge is 2.31. The summed E-state index contributed by atoms with van der Waals surface area (Å²) >= 11 is 1.62. The van der Waals surface area contributed by atoms with E-state index in [0.717, 1.165) is 4.88 Å². The van der Waals surface area contributed by atoms with Crippen molar-refractivity contribution >= 4 is 11.3 Å². The summed E-state index contributed by atoms with van der Waals surface area (Å²) in [5, 5.41) is 15.3. The van der Waals surface area contributed by atoms with Crippen molar-refractivity contribution in [3.8, 4) is 0 Å². The van der Waals surface area contributed by atoms with Gasteiger partial charge in [-0.05, 0) is 37.6 Å². The maximum Gasteiger partial charge on any atom is 0.101 e. The molecule has 2 rings (SSSR count). The predicted octanol–water partition coefficient (Wildman–Crippen LogP) is 2.31. The summed E-state index contributed by atoms with van der Waals surface area (Å²) in [6.45, 7) is 2.91. The molecule has 1 heterocycles. The van der Waals surface area contributed by atoms with E-state index in [1.807, 2.05) is 17.5 Å². The lowest BCUT2D eigenvalue weighted by molar-refractivity contribution is 0.134. The van der Waals surface area contributed by atoms with Crippen LogP contribution in [0.2, 0.25) is 0 Å². The van der Waals surface area contributed by atoms with E-state index in [1.165, 1.54) is 19.3 Å². The Bertz CT molecular complexity index is 279. The van der Waals surface area contributed by atoms with Crippen LogP contribution in [0.3, 0.4) is 0 Å². The second-order valence-corrected chi connectivity index (χ2v) is 5.31. The first-order chi connectivity index (χ1) is 6.70. The van der Waals surface area contributed by atoms with Gasteiger partial charge in [-0.3, -0.25) is 0 Å². The van der Waals surface area contributed by atoms with E-state index >= 15 is 0 Å². The van der Waals surface area contributed by atoms with Crippen molar-refractivity contribution in [1.82, 2.24) is 5.32 Å². The van der Waals surface area contributed by atoms with Gasteiger partial charge >= 0.3 is 0 Å². The summed E-state index contributed by atoms with van der Waals surface area (Å²) in [6, 6.07) is 3.97. The van der Waals surface area contributed by atoms with Crippen molar-refractivity contribution in [3.63, 3.8) is 0 Å². The zero-order valence-electron chi connectivity index (χ0n) is 8.49. The molecule has 78 valence electrons. The minimum atomic E-state index is -0.340. The van der Waals surface area contributed by atoms with Gasteiger partial charge in [-0.1, -0.05) is 6.07 Å². The Kier molecular flexibility index (Phi) is 2.91. The summed E-state index contributed by atoms with van der Waals surface area (Å²) in [4.78, 5) is 1.06. The van der Waals surface area contributed by atoms with Gasteiger partial charge in [-0.25, -0.2) is 0 Å². The van der Waals surface area contributed by atoms with Crippen LogP contribution in [0.5, 0.6) is 0 Å². The monoisotopic (exact) mass is 211 g/mol. The second-order valence-electron chi connectivity index (χ2n) is 4.33. The SMILES string of the molecule is CC1(NCC(O)c2cccs2)CCC1. The Morgan fingerprint density at radius 1 is 1.64 bits per heavy atom. The Morgan fingerprint density at radius 3 is 2.93 bits per heavy atom. The molecule has 0 spiro atoms. The molecule has 0 bridgehead atoms. The topological polar surface area (TPSA) is 32.3 Å². The van der Waals surface area contributed by atoms with E-state index in [1.54, 1.807) is 11.3 Å². The molecule has 2 N–H and O–H groups in total. The lowest BCUT2D eigenvalue weighted by atomic mass is 9.78. The highest BCUT2D eigenvalue weighted by Crippen LogP contribution is 2.31. The Labute approximate surface area is 89.0 Å². The van der Waals surface area contributed by atoms with Crippen LogP contribution >= 0.6 is 11.3 Å². The minimum Gasteiger partial charge on any atom is -0.386 e. The zero-order valence-corrected chi connectivity index (χ0v) is 9.31. The molecule has 1 atom stereocenters. The normalized spacial score (nSPS) is 21.6. The largest absolute Gasteiger partial charge is 0.386 e. The van der Waals surface area contributed by atoms with Crippen LogP contribution < -0.4 is 5.32 Å². The quantitative estimate of drug-likeness (QED) is 0.801. The van der Waals surface area contributed by atoms with Gasteiger partial charge in [0.2, 0.25) is 0 Å². The van der Waals surface area contributed by atoms with Gasteiger partial charge < -0.3 is 10.4 Å². The van der Waals surface area contributed by atoms with Crippen LogP contribution in [0.15, 0.2) is 17.5 Å². The molecule has 14 heavy (non-hydrogen) atoms. The molecule has 1 aromatic rings. The van der Waals surface area contributed by atoms with Crippen LogP contribution in [0.25, 0.3) is 0 Å². The minimum absolute atomic E-state index is 0.290. The van der Waals surface area contributed by atoms with Crippen LogP contribution in [-0.2, 0) is 0 Å². The molecular weight excluding hydrogens is 194 g/mol. The molecular formula is C11H17NOS. The van der Waals surface area contributed by atoms with E-state index in [2.05, 4.69) is 12.2 Å². The lowest BCUT2D eigenvalue weighted by Crippen LogP contribution is -2.49. The van der Waals surface area contributed by atoms with Crippen molar-refractivity contribution in [2.75, 3.05) is 6.54 Å². The average molecular weight is 211 g/mol. The summed E-state index contributed by atoms with van der Waals surface area (Å²) in [6.07, 6.45) is 3.46. The average Bonchev–Trinajstić information content (AvgIpc) is 2.63. The fourth-order valence-corrected chi connectivity index (χ4v) is 2.52. The number of aliphatic hydroxyl groups excluding tert-OH is 1. The smallest absolute Gasteiger partial charge is 0.101 e. The summed E-state index contributed by atoms with van der Waals surface area (Å²) in [7, 11) is 0. The molecule has 1 unspecified atom stereocenters. The number of rotatable bonds is 4. The first-order valence-corrected chi connectivity index (χ1v) is 6.04. The molecule has 2 nitrogen and oxygen atoms in total. The third-order valence-corrected chi connectivity index (χ3v) is 4.02. The fraction of sp³-hybridized carbons (Fsp3) is 0.636. The number of aliphatic hydroxyl groups is 1. The van der Waals surface area contributed by atoms with Gasteiger partial charge in [0.1, 0.15) is 6.10 Å². The van der Waals surface area contributed by atoms with Crippen molar-refractivity contribution in [2.24, 2.45) is 0 Å². The molecule has 1 aliphatic carbocycles. The van der Waals surface area contributed by atoms with Gasteiger partial charge in [0, 0.05) is 17.0 Å². The van der Waals surface area contributed by atoms with E-state index in [0.29, 0.717) is 6.54 Å². The lowest BCUT2D eigenvalue weighted by Gasteiger charge is -2.40. The number of thiophene rings is 1. The molecule has 1 aromatic heterocycles. The standard InChI is InChI=1S/C11H17NOS/c1-11(5-3-6-11)12-8-9(13)10-4-2-7-14-10/h2,4,7,9,12-13H,3,5-6,8H2,1H3. The number of β-amino-alcohol motifs (C(OH)–C–C–N with tert-alkyl or cyclic N) is 1.